The lowest BCUT2D eigenvalue weighted by molar-refractivity contribution is 0.271. The first kappa shape index (κ1) is 15.1. The molecule has 2 aromatic heterocycles. The first-order chi connectivity index (χ1) is 11.8. The fourth-order valence-corrected chi connectivity index (χ4v) is 3.18. The zero-order chi connectivity index (χ0) is 16.4. The number of nitrogens with zero attached hydrogens (tertiary/aromatic N) is 6. The van der Waals surface area contributed by atoms with Crippen LogP contribution in [-0.2, 0) is 26.1 Å². The van der Waals surface area contributed by atoms with Gasteiger partial charge in [-0.1, -0.05) is 0 Å². The van der Waals surface area contributed by atoms with Crippen molar-refractivity contribution in [2.75, 3.05) is 13.1 Å². The van der Waals surface area contributed by atoms with Crippen LogP contribution in [0.2, 0.25) is 0 Å². The largest absolute Gasteiger partial charge is 0.484 e. The Morgan fingerprint density at radius 2 is 2.12 bits per heavy atom. The molecule has 0 radical (unpaired) electrons. The van der Waals surface area contributed by atoms with Gasteiger partial charge in [0, 0.05) is 37.3 Å². The molecule has 3 heterocycles. The predicted octanol–water partition coefficient (Wildman–Crippen LogP) is 1.54. The molecule has 7 heteroatoms. The maximum Gasteiger partial charge on any atom is 0.156 e. The Labute approximate surface area is 140 Å². The average molecular weight is 324 g/mol. The number of aromatic nitrogens is 4. The molecule has 1 aliphatic heterocycles. The molecule has 0 saturated heterocycles. The summed E-state index contributed by atoms with van der Waals surface area (Å²) in [6.07, 6.45) is 8.36. The molecule has 2 aromatic rings. The number of hydrogen-bond donors (Lipinski definition) is 0. The molecule has 1 fully saturated rings. The smallest absolute Gasteiger partial charge is 0.156 e. The van der Waals surface area contributed by atoms with Gasteiger partial charge in [0.25, 0.3) is 0 Å². The second kappa shape index (κ2) is 6.57. The van der Waals surface area contributed by atoms with Crippen molar-refractivity contribution in [3.63, 3.8) is 0 Å². The third-order valence-electron chi connectivity index (χ3n) is 4.63. The minimum atomic E-state index is 0.410. The Balaban J connectivity index is 1.55. The summed E-state index contributed by atoms with van der Waals surface area (Å²) in [4.78, 5) is 10.1. The minimum Gasteiger partial charge on any atom is -0.484 e. The number of rotatable bonds is 6. The van der Waals surface area contributed by atoms with E-state index in [9.17, 15) is 0 Å². The Hall–Kier alpha value is -2.46. The number of nitriles is 1. The molecule has 4 rings (SSSR count). The fourth-order valence-electron chi connectivity index (χ4n) is 3.18. The van der Waals surface area contributed by atoms with Crippen molar-refractivity contribution in [1.82, 2.24) is 24.6 Å². The molecule has 0 atom stereocenters. The predicted molar refractivity (Wildman–Crippen MR) is 85.9 cm³/mol. The number of hydrogen-bond acceptors (Lipinski definition) is 6. The van der Waals surface area contributed by atoms with Crippen LogP contribution in [-0.4, -0.2) is 37.7 Å². The molecule has 0 amide bonds. The summed E-state index contributed by atoms with van der Waals surface area (Å²) in [5, 5.41) is 13.8. The van der Waals surface area contributed by atoms with E-state index in [2.05, 4.69) is 25.6 Å². The first-order valence-electron chi connectivity index (χ1n) is 8.38. The SMILES string of the molecule is N#CCN1CCc2c(c(COc3cncnc3)nn2CC2CC2)C1. The minimum absolute atomic E-state index is 0.410. The Morgan fingerprint density at radius 3 is 2.88 bits per heavy atom. The van der Waals surface area contributed by atoms with Gasteiger partial charge in [0.2, 0.25) is 0 Å². The number of ether oxygens (including phenoxy) is 1. The fraction of sp³-hybridized carbons (Fsp3) is 0.529. The lowest BCUT2D eigenvalue weighted by atomic mass is 10.1. The summed E-state index contributed by atoms with van der Waals surface area (Å²) < 4.78 is 7.98. The molecule has 0 spiro atoms. The van der Waals surface area contributed by atoms with E-state index in [1.54, 1.807) is 12.4 Å². The van der Waals surface area contributed by atoms with E-state index in [4.69, 9.17) is 15.1 Å². The maximum atomic E-state index is 8.97. The van der Waals surface area contributed by atoms with Crippen molar-refractivity contribution in [3.05, 3.63) is 35.7 Å². The van der Waals surface area contributed by atoms with E-state index in [1.165, 1.54) is 30.4 Å². The normalized spacial score (nSPS) is 17.3. The summed E-state index contributed by atoms with van der Waals surface area (Å²) in [5.74, 6) is 1.43. The molecule has 0 bridgehead atoms. The lowest BCUT2D eigenvalue weighted by Crippen LogP contribution is -2.31. The highest BCUT2D eigenvalue weighted by atomic mass is 16.5. The topological polar surface area (TPSA) is 79.9 Å². The van der Waals surface area contributed by atoms with Gasteiger partial charge in [0.05, 0.1) is 25.0 Å². The third-order valence-corrected chi connectivity index (χ3v) is 4.63. The van der Waals surface area contributed by atoms with Crippen LogP contribution in [0.25, 0.3) is 0 Å². The van der Waals surface area contributed by atoms with Crippen LogP contribution in [0.5, 0.6) is 5.75 Å². The average Bonchev–Trinajstić information content (AvgIpc) is 3.36. The Bertz CT molecular complexity index is 746. The molecular weight excluding hydrogens is 304 g/mol. The van der Waals surface area contributed by atoms with Crippen LogP contribution in [0.3, 0.4) is 0 Å². The van der Waals surface area contributed by atoms with Crippen LogP contribution in [0.15, 0.2) is 18.7 Å². The van der Waals surface area contributed by atoms with Crippen LogP contribution in [0, 0.1) is 17.2 Å². The van der Waals surface area contributed by atoms with Gasteiger partial charge in [-0.25, -0.2) is 9.97 Å². The van der Waals surface area contributed by atoms with Crippen LogP contribution < -0.4 is 4.74 Å². The molecular formula is C17H20N6O. The van der Waals surface area contributed by atoms with E-state index < -0.39 is 0 Å². The van der Waals surface area contributed by atoms with E-state index in [-0.39, 0.29) is 0 Å². The Morgan fingerprint density at radius 1 is 1.29 bits per heavy atom. The van der Waals surface area contributed by atoms with Gasteiger partial charge >= 0.3 is 0 Å². The van der Waals surface area contributed by atoms with Crippen molar-refractivity contribution in [2.45, 2.75) is 39.0 Å². The van der Waals surface area contributed by atoms with Crippen molar-refractivity contribution >= 4 is 0 Å². The molecule has 24 heavy (non-hydrogen) atoms. The summed E-state index contributed by atoms with van der Waals surface area (Å²) in [6, 6.07) is 2.25. The maximum absolute atomic E-state index is 8.97. The summed E-state index contributed by atoms with van der Waals surface area (Å²) in [5.41, 5.74) is 3.52. The molecule has 2 aliphatic rings. The summed E-state index contributed by atoms with van der Waals surface area (Å²) >= 11 is 0. The molecule has 1 aliphatic carbocycles. The van der Waals surface area contributed by atoms with E-state index in [1.807, 2.05) is 0 Å². The second-order valence-electron chi connectivity index (χ2n) is 6.48. The van der Waals surface area contributed by atoms with Crippen molar-refractivity contribution in [1.29, 1.82) is 5.26 Å². The van der Waals surface area contributed by atoms with Crippen molar-refractivity contribution in [3.8, 4) is 11.8 Å². The standard InChI is InChI=1S/C17H20N6O/c18-4-6-22-5-3-17-15(10-22)16(21-23(17)9-13-1-2-13)11-24-14-7-19-12-20-8-14/h7-8,12-13H,1-3,5-6,9-11H2. The van der Waals surface area contributed by atoms with Crippen molar-refractivity contribution < 1.29 is 4.74 Å². The molecule has 0 aromatic carbocycles. The summed E-state index contributed by atoms with van der Waals surface area (Å²) in [6.45, 7) is 3.57. The zero-order valence-electron chi connectivity index (χ0n) is 13.6. The van der Waals surface area contributed by atoms with Gasteiger partial charge in [-0.15, -0.1) is 0 Å². The highest BCUT2D eigenvalue weighted by Crippen LogP contribution is 2.32. The van der Waals surface area contributed by atoms with E-state index >= 15 is 0 Å². The van der Waals surface area contributed by atoms with Crippen LogP contribution in [0.4, 0.5) is 0 Å². The van der Waals surface area contributed by atoms with Gasteiger partial charge in [-0.05, 0) is 18.8 Å². The molecule has 0 unspecified atom stereocenters. The second-order valence-corrected chi connectivity index (χ2v) is 6.48. The Kier molecular flexibility index (Phi) is 4.13. The third kappa shape index (κ3) is 3.24. The van der Waals surface area contributed by atoms with Crippen LogP contribution in [0.1, 0.15) is 29.8 Å². The zero-order valence-corrected chi connectivity index (χ0v) is 13.6. The number of fused-ring (bicyclic) bond motifs is 1. The highest BCUT2D eigenvalue weighted by Gasteiger charge is 2.28. The van der Waals surface area contributed by atoms with Gasteiger partial charge in [-0.3, -0.25) is 9.58 Å². The quantitative estimate of drug-likeness (QED) is 0.750. The van der Waals surface area contributed by atoms with Crippen molar-refractivity contribution in [2.24, 2.45) is 5.92 Å². The van der Waals surface area contributed by atoms with E-state index in [0.717, 1.165) is 37.7 Å². The van der Waals surface area contributed by atoms with E-state index in [0.29, 0.717) is 18.9 Å². The molecule has 7 nitrogen and oxygen atoms in total. The van der Waals surface area contributed by atoms with Gasteiger partial charge < -0.3 is 4.74 Å². The van der Waals surface area contributed by atoms with Gasteiger partial charge in [-0.2, -0.15) is 10.4 Å². The van der Waals surface area contributed by atoms with Gasteiger partial charge in [0.1, 0.15) is 18.6 Å². The first-order valence-corrected chi connectivity index (χ1v) is 8.38. The summed E-state index contributed by atoms with van der Waals surface area (Å²) in [7, 11) is 0. The molecule has 124 valence electrons. The van der Waals surface area contributed by atoms with Gasteiger partial charge in [0.15, 0.2) is 5.75 Å². The monoisotopic (exact) mass is 324 g/mol. The highest BCUT2D eigenvalue weighted by molar-refractivity contribution is 5.29. The molecule has 1 saturated carbocycles. The molecule has 0 N–H and O–H groups in total. The lowest BCUT2D eigenvalue weighted by Gasteiger charge is -2.25. The van der Waals surface area contributed by atoms with Crippen LogP contribution >= 0.6 is 0 Å².